The molecule has 2 saturated heterocycles. The highest BCUT2D eigenvalue weighted by molar-refractivity contribution is 5.76. The average Bonchev–Trinajstić information content (AvgIpc) is 3.37. The van der Waals surface area contributed by atoms with Crippen molar-refractivity contribution in [2.24, 2.45) is 5.41 Å². The Morgan fingerprint density at radius 2 is 1.89 bits per heavy atom. The first kappa shape index (κ1) is 18.9. The number of halogens is 4. The molecule has 2 aromatic rings. The fourth-order valence-electron chi connectivity index (χ4n) is 4.18. The van der Waals surface area contributed by atoms with Crippen LogP contribution in [0, 0.1) is 11.2 Å². The molecule has 2 fully saturated rings. The van der Waals surface area contributed by atoms with Gasteiger partial charge in [-0.05, 0) is 25.5 Å². The van der Waals surface area contributed by atoms with E-state index in [-0.39, 0.29) is 11.2 Å². The predicted octanol–water partition coefficient (Wildman–Crippen LogP) is 3.61. The number of aromatic nitrogens is 2. The molecule has 5 nitrogen and oxygen atoms in total. The molecular formula is C19H20F4N4O. The Morgan fingerprint density at radius 3 is 2.61 bits per heavy atom. The van der Waals surface area contributed by atoms with Gasteiger partial charge in [-0.1, -0.05) is 18.2 Å². The lowest BCUT2D eigenvalue weighted by molar-refractivity contribution is -0.137. The summed E-state index contributed by atoms with van der Waals surface area (Å²) in [5.74, 6) is -0.231. The van der Waals surface area contributed by atoms with E-state index in [1.807, 2.05) is 0 Å². The Hall–Kier alpha value is -2.42. The van der Waals surface area contributed by atoms with Crippen molar-refractivity contribution in [1.82, 2.24) is 19.6 Å². The van der Waals surface area contributed by atoms with Crippen molar-refractivity contribution < 1.29 is 22.4 Å². The molecule has 0 saturated carbocycles. The summed E-state index contributed by atoms with van der Waals surface area (Å²) >= 11 is 0. The average molecular weight is 396 g/mol. The highest BCUT2D eigenvalue weighted by Gasteiger charge is 2.45. The van der Waals surface area contributed by atoms with Gasteiger partial charge in [0.25, 0.3) is 0 Å². The summed E-state index contributed by atoms with van der Waals surface area (Å²) in [5.41, 5.74) is -0.394. The molecule has 2 aliphatic rings. The van der Waals surface area contributed by atoms with Crippen molar-refractivity contribution in [3.8, 4) is 0 Å². The second-order valence-electron chi connectivity index (χ2n) is 7.68. The molecule has 1 atom stereocenters. The summed E-state index contributed by atoms with van der Waals surface area (Å²) in [7, 11) is 0. The van der Waals surface area contributed by atoms with Crippen LogP contribution in [0.5, 0.6) is 0 Å². The van der Waals surface area contributed by atoms with E-state index in [1.54, 1.807) is 23.1 Å². The van der Waals surface area contributed by atoms with E-state index in [9.17, 15) is 22.4 Å². The van der Waals surface area contributed by atoms with E-state index in [0.29, 0.717) is 31.4 Å². The van der Waals surface area contributed by atoms with Crippen molar-refractivity contribution in [2.75, 3.05) is 26.2 Å². The number of rotatable bonds is 2. The van der Waals surface area contributed by atoms with Crippen LogP contribution in [-0.2, 0) is 12.7 Å². The van der Waals surface area contributed by atoms with E-state index < -0.39 is 17.8 Å². The van der Waals surface area contributed by atoms with Gasteiger partial charge in [-0.3, -0.25) is 4.90 Å². The summed E-state index contributed by atoms with van der Waals surface area (Å²) in [6.45, 7) is 3.00. The molecule has 0 N–H and O–H groups in total. The third-order valence-electron chi connectivity index (χ3n) is 5.68. The lowest BCUT2D eigenvalue weighted by atomic mass is 9.86. The summed E-state index contributed by atoms with van der Waals surface area (Å²) in [6, 6.07) is 6.13. The number of nitrogens with zero attached hydrogens (tertiary/aromatic N) is 4. The van der Waals surface area contributed by atoms with Gasteiger partial charge >= 0.3 is 12.2 Å². The minimum Gasteiger partial charge on any atom is -0.322 e. The van der Waals surface area contributed by atoms with Crippen LogP contribution in [0.3, 0.4) is 0 Å². The first-order chi connectivity index (χ1) is 13.3. The van der Waals surface area contributed by atoms with Crippen LogP contribution in [-0.4, -0.2) is 51.8 Å². The largest absolute Gasteiger partial charge is 0.419 e. The Morgan fingerprint density at radius 1 is 1.14 bits per heavy atom. The maximum atomic E-state index is 13.9. The first-order valence-electron chi connectivity index (χ1n) is 9.13. The third-order valence-corrected chi connectivity index (χ3v) is 5.68. The van der Waals surface area contributed by atoms with Gasteiger partial charge < -0.3 is 4.90 Å². The molecule has 0 aliphatic carbocycles. The fraction of sp³-hybridized carbons (Fsp3) is 0.474. The number of hydrogen-bond acceptors (Lipinski definition) is 3. The second kappa shape index (κ2) is 6.88. The van der Waals surface area contributed by atoms with Crippen molar-refractivity contribution >= 4 is 6.03 Å². The molecule has 0 radical (unpaired) electrons. The normalized spacial score (nSPS) is 23.1. The van der Waals surface area contributed by atoms with E-state index >= 15 is 0 Å². The minimum absolute atomic E-state index is 0.0963. The topological polar surface area (TPSA) is 41.4 Å². The summed E-state index contributed by atoms with van der Waals surface area (Å²) in [4.78, 5) is 16.3. The van der Waals surface area contributed by atoms with Gasteiger partial charge in [0.2, 0.25) is 0 Å². The Balaban J connectivity index is 1.39. The van der Waals surface area contributed by atoms with Gasteiger partial charge in [0.05, 0.1) is 11.8 Å². The lowest BCUT2D eigenvalue weighted by Crippen LogP contribution is -2.36. The molecule has 1 aromatic heterocycles. The van der Waals surface area contributed by atoms with Crippen LogP contribution in [0.25, 0.3) is 0 Å². The number of amides is 1. The van der Waals surface area contributed by atoms with Gasteiger partial charge in [0.15, 0.2) is 0 Å². The Labute approximate surface area is 159 Å². The molecule has 1 unspecified atom stereocenters. The minimum atomic E-state index is -4.52. The van der Waals surface area contributed by atoms with E-state index in [4.69, 9.17) is 0 Å². The number of carbonyl (C=O) groups excluding carboxylic acids is 1. The van der Waals surface area contributed by atoms with Crippen molar-refractivity contribution in [3.05, 3.63) is 53.6 Å². The maximum Gasteiger partial charge on any atom is 0.419 e. The van der Waals surface area contributed by atoms with Crippen LogP contribution in [0.2, 0.25) is 0 Å². The van der Waals surface area contributed by atoms with Crippen LogP contribution in [0.4, 0.5) is 22.4 Å². The molecule has 2 aliphatic heterocycles. The molecule has 4 rings (SSSR count). The van der Waals surface area contributed by atoms with Crippen LogP contribution < -0.4 is 0 Å². The van der Waals surface area contributed by atoms with Gasteiger partial charge in [-0.2, -0.15) is 23.0 Å². The number of benzene rings is 1. The zero-order valence-electron chi connectivity index (χ0n) is 15.1. The summed E-state index contributed by atoms with van der Waals surface area (Å²) in [6.07, 6.45) is -1.48. The third kappa shape index (κ3) is 3.63. The number of carbonyl (C=O) groups is 1. The molecule has 1 spiro atoms. The van der Waals surface area contributed by atoms with E-state index in [0.717, 1.165) is 36.8 Å². The van der Waals surface area contributed by atoms with Crippen molar-refractivity contribution in [2.45, 2.75) is 25.6 Å². The summed E-state index contributed by atoms with van der Waals surface area (Å²) < 4.78 is 52.8. The molecule has 150 valence electrons. The smallest absolute Gasteiger partial charge is 0.322 e. The Bertz CT molecular complexity index is 881. The molecule has 1 aromatic carbocycles. The van der Waals surface area contributed by atoms with E-state index in [2.05, 4.69) is 10.00 Å². The van der Waals surface area contributed by atoms with E-state index in [1.165, 1.54) is 6.07 Å². The van der Waals surface area contributed by atoms with Gasteiger partial charge in [0, 0.05) is 43.4 Å². The van der Waals surface area contributed by atoms with Crippen LogP contribution >= 0.6 is 0 Å². The molecular weight excluding hydrogens is 376 g/mol. The summed E-state index contributed by atoms with van der Waals surface area (Å²) in [5, 5.41) is 3.58. The van der Waals surface area contributed by atoms with Crippen molar-refractivity contribution in [3.63, 3.8) is 0 Å². The number of hydrogen-bond donors (Lipinski definition) is 0. The Kier molecular flexibility index (Phi) is 4.65. The maximum absolute atomic E-state index is 13.9. The van der Waals surface area contributed by atoms with Crippen molar-refractivity contribution in [1.29, 1.82) is 0 Å². The zero-order chi connectivity index (χ0) is 19.9. The van der Waals surface area contributed by atoms with Gasteiger partial charge in [-0.25, -0.2) is 9.18 Å². The number of alkyl halides is 3. The van der Waals surface area contributed by atoms with Gasteiger partial charge in [0.1, 0.15) is 5.82 Å². The van der Waals surface area contributed by atoms with Gasteiger partial charge in [-0.15, -0.1) is 0 Å². The SMILES string of the molecule is O=C(N1CCC2(CCN(Cc3ccccc3F)C2)C1)n1cc(C(F)(F)F)cn1. The quantitative estimate of drug-likeness (QED) is 0.729. The molecule has 9 heteroatoms. The standard InChI is InChI=1S/C19H20F4N4O/c20-16-4-2-1-3-14(16)10-25-7-5-18(12-25)6-8-26(13-18)17(28)27-11-15(9-24-27)19(21,22)23/h1-4,9,11H,5-8,10,12-13H2. The lowest BCUT2D eigenvalue weighted by Gasteiger charge is -2.24. The highest BCUT2D eigenvalue weighted by Crippen LogP contribution is 2.40. The molecule has 0 bridgehead atoms. The highest BCUT2D eigenvalue weighted by atomic mass is 19.4. The first-order valence-corrected chi connectivity index (χ1v) is 9.13. The molecule has 1 amide bonds. The molecule has 3 heterocycles. The zero-order valence-corrected chi connectivity index (χ0v) is 15.1. The fourth-order valence-corrected chi connectivity index (χ4v) is 4.18. The monoisotopic (exact) mass is 396 g/mol. The van der Waals surface area contributed by atoms with Crippen LogP contribution in [0.15, 0.2) is 36.7 Å². The second-order valence-corrected chi connectivity index (χ2v) is 7.68. The van der Waals surface area contributed by atoms with Crippen LogP contribution in [0.1, 0.15) is 24.0 Å². The predicted molar refractivity (Wildman–Crippen MR) is 92.9 cm³/mol. The number of likely N-dealkylation sites (tertiary alicyclic amines) is 2. The molecule has 28 heavy (non-hydrogen) atoms.